The summed E-state index contributed by atoms with van der Waals surface area (Å²) in [7, 11) is 1.90. The summed E-state index contributed by atoms with van der Waals surface area (Å²) in [6, 6.07) is 2.07. The van der Waals surface area contributed by atoms with Crippen molar-refractivity contribution in [1.29, 1.82) is 0 Å². The zero-order valence-electron chi connectivity index (χ0n) is 12.8. The van der Waals surface area contributed by atoms with E-state index >= 15 is 0 Å². The van der Waals surface area contributed by atoms with Gasteiger partial charge in [0, 0.05) is 25.5 Å². The first-order chi connectivity index (χ1) is 10.6. The lowest BCUT2D eigenvalue weighted by Gasteiger charge is -2.14. The van der Waals surface area contributed by atoms with Crippen LogP contribution in [0.15, 0.2) is 31.1 Å². The molecule has 0 aromatic carbocycles. The number of hydrogen-bond donors (Lipinski definition) is 1. The van der Waals surface area contributed by atoms with Crippen LogP contribution >= 0.6 is 0 Å². The van der Waals surface area contributed by atoms with Crippen molar-refractivity contribution in [3.05, 3.63) is 36.7 Å². The molecule has 0 amide bonds. The van der Waals surface area contributed by atoms with Crippen LogP contribution in [0.2, 0.25) is 0 Å². The van der Waals surface area contributed by atoms with Crippen LogP contribution in [0.1, 0.15) is 12.5 Å². The molecular weight excluding hydrogens is 280 g/mol. The van der Waals surface area contributed by atoms with Crippen molar-refractivity contribution in [2.45, 2.75) is 26.4 Å². The zero-order chi connectivity index (χ0) is 15.5. The predicted molar refractivity (Wildman–Crippen MR) is 82.1 cm³/mol. The second-order valence-electron chi connectivity index (χ2n) is 5.23. The topological polar surface area (TPSA) is 86.3 Å². The van der Waals surface area contributed by atoms with Gasteiger partial charge in [0.15, 0.2) is 0 Å². The summed E-state index contributed by atoms with van der Waals surface area (Å²) in [6.45, 7) is 4.73. The molecule has 0 saturated heterocycles. The van der Waals surface area contributed by atoms with E-state index in [1.165, 1.54) is 6.33 Å². The minimum atomic E-state index is 0.129. The molecule has 8 heteroatoms. The van der Waals surface area contributed by atoms with Crippen LogP contribution in [-0.2, 0) is 13.6 Å². The zero-order valence-corrected chi connectivity index (χ0v) is 12.8. The van der Waals surface area contributed by atoms with Gasteiger partial charge < -0.3 is 5.32 Å². The van der Waals surface area contributed by atoms with Crippen LogP contribution in [0.5, 0.6) is 0 Å². The Morgan fingerprint density at radius 1 is 1.32 bits per heavy atom. The Hall–Kier alpha value is -2.77. The van der Waals surface area contributed by atoms with E-state index < -0.39 is 0 Å². The summed E-state index contributed by atoms with van der Waals surface area (Å²) >= 11 is 0. The molecular formula is C14H18N8. The number of rotatable bonds is 5. The molecule has 3 heterocycles. The molecule has 3 aromatic heterocycles. The summed E-state index contributed by atoms with van der Waals surface area (Å²) in [6.07, 6.45) is 6.79. The highest BCUT2D eigenvalue weighted by atomic mass is 15.3. The summed E-state index contributed by atoms with van der Waals surface area (Å²) < 4.78 is 3.58. The molecule has 8 nitrogen and oxygen atoms in total. The fourth-order valence-corrected chi connectivity index (χ4v) is 2.25. The van der Waals surface area contributed by atoms with Gasteiger partial charge in [0.1, 0.15) is 12.7 Å². The number of hydrogen-bond acceptors (Lipinski definition) is 6. The Morgan fingerprint density at radius 2 is 2.18 bits per heavy atom. The van der Waals surface area contributed by atoms with E-state index in [9.17, 15) is 0 Å². The fraction of sp³-hybridized carbons (Fsp3) is 0.357. The molecule has 3 rings (SSSR count). The van der Waals surface area contributed by atoms with Gasteiger partial charge in [-0.1, -0.05) is 0 Å². The molecule has 0 spiro atoms. The average molecular weight is 298 g/mol. The van der Waals surface area contributed by atoms with Crippen molar-refractivity contribution in [3.8, 4) is 11.4 Å². The molecule has 0 bridgehead atoms. The lowest BCUT2D eigenvalue weighted by molar-refractivity contribution is 0.557. The van der Waals surface area contributed by atoms with Crippen molar-refractivity contribution >= 4 is 5.95 Å². The van der Waals surface area contributed by atoms with Crippen LogP contribution in [0.3, 0.4) is 0 Å². The second kappa shape index (κ2) is 5.92. The summed E-state index contributed by atoms with van der Waals surface area (Å²) in [4.78, 5) is 12.9. The first kappa shape index (κ1) is 14.2. The quantitative estimate of drug-likeness (QED) is 0.763. The van der Waals surface area contributed by atoms with Crippen LogP contribution < -0.4 is 5.32 Å². The van der Waals surface area contributed by atoms with Gasteiger partial charge in [-0.3, -0.25) is 9.36 Å². The average Bonchev–Trinajstić information content (AvgIpc) is 3.13. The summed E-state index contributed by atoms with van der Waals surface area (Å²) in [5.41, 5.74) is 2.86. The Morgan fingerprint density at radius 3 is 2.86 bits per heavy atom. The Labute approximate surface area is 128 Å². The molecule has 0 fully saturated rings. The van der Waals surface area contributed by atoms with E-state index in [0.29, 0.717) is 12.5 Å². The van der Waals surface area contributed by atoms with Gasteiger partial charge in [-0.25, -0.2) is 15.0 Å². The van der Waals surface area contributed by atoms with Gasteiger partial charge >= 0.3 is 0 Å². The van der Waals surface area contributed by atoms with E-state index in [-0.39, 0.29) is 6.04 Å². The molecule has 1 atom stereocenters. The van der Waals surface area contributed by atoms with Gasteiger partial charge in [-0.2, -0.15) is 10.2 Å². The first-order valence-corrected chi connectivity index (χ1v) is 7.04. The summed E-state index contributed by atoms with van der Waals surface area (Å²) in [5, 5.41) is 11.6. The van der Waals surface area contributed by atoms with Crippen molar-refractivity contribution in [1.82, 2.24) is 34.5 Å². The van der Waals surface area contributed by atoms with Gasteiger partial charge in [0.05, 0.1) is 17.9 Å². The molecule has 0 radical (unpaired) electrons. The monoisotopic (exact) mass is 298 g/mol. The molecule has 1 unspecified atom stereocenters. The molecule has 22 heavy (non-hydrogen) atoms. The normalized spacial score (nSPS) is 12.3. The van der Waals surface area contributed by atoms with Gasteiger partial charge in [-0.15, -0.1) is 0 Å². The second-order valence-corrected chi connectivity index (χ2v) is 5.23. The third-order valence-corrected chi connectivity index (χ3v) is 3.34. The van der Waals surface area contributed by atoms with E-state index in [4.69, 9.17) is 0 Å². The molecule has 0 aliphatic carbocycles. The van der Waals surface area contributed by atoms with Crippen molar-refractivity contribution in [2.75, 3.05) is 5.32 Å². The van der Waals surface area contributed by atoms with Gasteiger partial charge in [0.2, 0.25) is 5.95 Å². The van der Waals surface area contributed by atoms with Crippen molar-refractivity contribution in [3.63, 3.8) is 0 Å². The maximum atomic E-state index is 4.62. The number of nitrogens with one attached hydrogen (secondary N) is 1. The van der Waals surface area contributed by atoms with Crippen LogP contribution in [0, 0.1) is 6.92 Å². The minimum absolute atomic E-state index is 0.129. The predicted octanol–water partition coefficient (Wildman–Crippen LogP) is 1.28. The van der Waals surface area contributed by atoms with Crippen LogP contribution in [-0.4, -0.2) is 40.6 Å². The molecule has 3 aromatic rings. The number of anilines is 1. The van der Waals surface area contributed by atoms with E-state index in [1.807, 2.05) is 26.2 Å². The van der Waals surface area contributed by atoms with Gasteiger partial charge in [-0.05, 0) is 25.5 Å². The molecule has 114 valence electrons. The molecule has 1 N–H and O–H groups in total. The largest absolute Gasteiger partial charge is 0.350 e. The minimum Gasteiger partial charge on any atom is -0.350 e. The highest BCUT2D eigenvalue weighted by molar-refractivity contribution is 5.59. The molecule has 0 aliphatic rings. The van der Waals surface area contributed by atoms with Crippen molar-refractivity contribution < 1.29 is 0 Å². The SMILES string of the molecule is Cc1cnc(NC(C)Cn2cncn2)nc1-c1ccnn1C. The smallest absolute Gasteiger partial charge is 0.223 e. The number of aromatic nitrogens is 7. The maximum Gasteiger partial charge on any atom is 0.223 e. The lowest BCUT2D eigenvalue weighted by atomic mass is 10.2. The first-order valence-electron chi connectivity index (χ1n) is 7.04. The highest BCUT2D eigenvalue weighted by Crippen LogP contribution is 2.20. The van der Waals surface area contributed by atoms with Crippen LogP contribution in [0.4, 0.5) is 5.95 Å². The molecule has 0 saturated carbocycles. The van der Waals surface area contributed by atoms with E-state index in [1.54, 1.807) is 21.9 Å². The lowest BCUT2D eigenvalue weighted by Crippen LogP contribution is -2.23. The summed E-state index contributed by atoms with van der Waals surface area (Å²) in [5.74, 6) is 0.592. The fourth-order valence-electron chi connectivity index (χ4n) is 2.25. The number of nitrogens with zero attached hydrogens (tertiary/aromatic N) is 7. The Kier molecular flexibility index (Phi) is 3.82. The standard InChI is InChI=1S/C14H18N8/c1-10-6-16-14(19-11(2)7-22-9-15-8-18-22)20-13(10)12-4-5-17-21(12)3/h4-6,8-9,11H,7H2,1-3H3,(H,16,19,20). The molecule has 0 aliphatic heterocycles. The van der Waals surface area contributed by atoms with Crippen molar-refractivity contribution in [2.24, 2.45) is 7.05 Å². The van der Waals surface area contributed by atoms with E-state index in [2.05, 4.69) is 37.4 Å². The Balaban J connectivity index is 1.79. The highest BCUT2D eigenvalue weighted by Gasteiger charge is 2.11. The third-order valence-electron chi connectivity index (χ3n) is 3.34. The van der Waals surface area contributed by atoms with Crippen LogP contribution in [0.25, 0.3) is 11.4 Å². The number of aryl methyl sites for hydroxylation is 2. The van der Waals surface area contributed by atoms with Gasteiger partial charge in [0.25, 0.3) is 0 Å². The Bertz CT molecular complexity index is 746. The maximum absolute atomic E-state index is 4.62. The third kappa shape index (κ3) is 2.95. The van der Waals surface area contributed by atoms with E-state index in [0.717, 1.165) is 17.0 Å².